The molecule has 0 aromatic heterocycles. The monoisotopic (exact) mass is 506 g/mol. The van der Waals surface area contributed by atoms with Crippen molar-refractivity contribution in [1.82, 2.24) is 5.32 Å². The van der Waals surface area contributed by atoms with Crippen molar-refractivity contribution in [3.8, 4) is 11.5 Å². The van der Waals surface area contributed by atoms with Crippen LogP contribution in [0.2, 0.25) is 5.02 Å². The van der Waals surface area contributed by atoms with E-state index in [9.17, 15) is 4.79 Å². The van der Waals surface area contributed by atoms with Crippen LogP contribution in [0.5, 0.6) is 11.5 Å². The van der Waals surface area contributed by atoms with Crippen LogP contribution >= 0.6 is 35.6 Å². The molecule has 0 unspecified atom stereocenters. The van der Waals surface area contributed by atoms with E-state index < -0.39 is 5.91 Å². The molecule has 0 aliphatic carbocycles. The molecular weight excluding hydrogens is 480 g/mol. The van der Waals surface area contributed by atoms with E-state index in [1.807, 2.05) is 0 Å². The van der Waals surface area contributed by atoms with Gasteiger partial charge in [0.05, 0.1) is 29.1 Å². The van der Waals surface area contributed by atoms with Crippen LogP contribution in [-0.4, -0.2) is 43.4 Å². The summed E-state index contributed by atoms with van der Waals surface area (Å²) in [7, 11) is 1.45. The number of amides is 1. The zero-order valence-corrected chi connectivity index (χ0v) is 21.1. The number of allylic oxidation sites excluding steroid dienone is 1. The predicted molar refractivity (Wildman–Crippen MR) is 144 cm³/mol. The van der Waals surface area contributed by atoms with Crippen LogP contribution in [-0.2, 0) is 0 Å². The fourth-order valence-electron chi connectivity index (χ4n) is 2.90. The summed E-state index contributed by atoms with van der Waals surface area (Å²) in [5, 5.41) is 7.17. The smallest absolute Gasteiger partial charge is 0.252 e. The van der Waals surface area contributed by atoms with Crippen molar-refractivity contribution in [2.45, 2.75) is 13.3 Å². The van der Waals surface area contributed by atoms with E-state index in [1.165, 1.54) is 7.11 Å². The van der Waals surface area contributed by atoms with Crippen LogP contribution in [0.3, 0.4) is 0 Å². The molecule has 0 saturated heterocycles. The SMILES string of the molecule is C=Nc1cc(OC)c(C(N)=O)cc1/C(=C\C)Oc1ccc(NC(=S)NCCCSC)c(Cl)c1. The maximum absolute atomic E-state index is 11.9. The minimum atomic E-state index is -0.629. The summed E-state index contributed by atoms with van der Waals surface area (Å²) in [6, 6.07) is 8.36. The molecule has 0 atom stereocenters. The molecule has 1 amide bonds. The van der Waals surface area contributed by atoms with Crippen LogP contribution in [0.1, 0.15) is 29.3 Å². The Labute approximate surface area is 208 Å². The number of carbonyl (C=O) groups is 1. The molecule has 7 nitrogen and oxygen atoms in total. The summed E-state index contributed by atoms with van der Waals surface area (Å²) in [5.41, 5.74) is 7.38. The van der Waals surface area contributed by atoms with Gasteiger partial charge in [0.15, 0.2) is 5.11 Å². The first kappa shape index (κ1) is 26.5. The fourth-order valence-corrected chi connectivity index (χ4v) is 3.76. The molecular formula is C23H27ClN4O3S2. The fraction of sp³-hybridized carbons (Fsp3) is 0.261. The minimum absolute atomic E-state index is 0.207. The van der Waals surface area contributed by atoms with Crippen molar-refractivity contribution >= 4 is 70.5 Å². The number of halogens is 1. The summed E-state index contributed by atoms with van der Waals surface area (Å²) in [4.78, 5) is 15.9. The van der Waals surface area contributed by atoms with Crippen molar-refractivity contribution < 1.29 is 14.3 Å². The number of anilines is 1. The lowest BCUT2D eigenvalue weighted by Crippen LogP contribution is -2.29. The molecule has 0 aliphatic rings. The van der Waals surface area contributed by atoms with E-state index in [4.69, 9.17) is 39.0 Å². The Kier molecular flexibility index (Phi) is 10.5. The number of rotatable bonds is 11. The highest BCUT2D eigenvalue weighted by Crippen LogP contribution is 2.36. The number of carbonyl (C=O) groups excluding carboxylic acids is 1. The first-order valence-electron chi connectivity index (χ1n) is 10.0. The van der Waals surface area contributed by atoms with Crippen molar-refractivity contribution in [3.63, 3.8) is 0 Å². The average Bonchev–Trinajstić information content (AvgIpc) is 2.81. The van der Waals surface area contributed by atoms with Gasteiger partial charge in [-0.3, -0.25) is 9.79 Å². The van der Waals surface area contributed by atoms with Crippen molar-refractivity contribution in [2.75, 3.05) is 31.0 Å². The normalized spacial score (nSPS) is 11.0. The van der Waals surface area contributed by atoms with Gasteiger partial charge in [-0.05, 0) is 68.6 Å². The number of aliphatic imine (C=N–C) groups is 1. The zero-order chi connectivity index (χ0) is 24.4. The van der Waals surface area contributed by atoms with Crippen molar-refractivity contribution in [2.24, 2.45) is 10.7 Å². The predicted octanol–water partition coefficient (Wildman–Crippen LogP) is 5.26. The molecule has 2 rings (SSSR count). The van der Waals surface area contributed by atoms with Gasteiger partial charge in [0.1, 0.15) is 17.3 Å². The third kappa shape index (κ3) is 7.38. The third-order valence-corrected chi connectivity index (χ3v) is 5.76. The van der Waals surface area contributed by atoms with E-state index >= 15 is 0 Å². The van der Waals surface area contributed by atoms with Gasteiger partial charge in [0, 0.05) is 24.2 Å². The van der Waals surface area contributed by atoms with Crippen LogP contribution in [0.15, 0.2) is 41.4 Å². The Morgan fingerprint density at radius 2 is 2.09 bits per heavy atom. The Morgan fingerprint density at radius 1 is 1.33 bits per heavy atom. The second kappa shape index (κ2) is 13.1. The van der Waals surface area contributed by atoms with Gasteiger partial charge in [-0.15, -0.1) is 0 Å². The summed E-state index contributed by atoms with van der Waals surface area (Å²) < 4.78 is 11.3. The summed E-state index contributed by atoms with van der Waals surface area (Å²) in [6.07, 6.45) is 4.83. The number of ether oxygens (including phenoxy) is 2. The maximum Gasteiger partial charge on any atom is 0.252 e. The molecule has 10 heteroatoms. The Balaban J connectivity index is 2.22. The van der Waals surface area contributed by atoms with Gasteiger partial charge in [0.25, 0.3) is 5.91 Å². The first-order chi connectivity index (χ1) is 15.8. The number of nitrogens with two attached hydrogens (primary N) is 1. The van der Waals surface area contributed by atoms with E-state index in [2.05, 4.69) is 28.6 Å². The third-order valence-electron chi connectivity index (χ3n) is 4.51. The number of thioether (sulfide) groups is 1. The Morgan fingerprint density at radius 3 is 2.67 bits per heavy atom. The number of primary amides is 1. The Bertz CT molecular complexity index is 1060. The molecule has 0 radical (unpaired) electrons. The van der Waals surface area contributed by atoms with Crippen LogP contribution in [0.4, 0.5) is 11.4 Å². The maximum atomic E-state index is 11.9. The van der Waals surface area contributed by atoms with Crippen LogP contribution < -0.4 is 25.8 Å². The quantitative estimate of drug-likeness (QED) is 0.165. The number of hydrogen-bond donors (Lipinski definition) is 3. The summed E-state index contributed by atoms with van der Waals surface area (Å²) in [6.45, 7) is 6.18. The lowest BCUT2D eigenvalue weighted by atomic mass is 10.0. The molecule has 0 saturated carbocycles. The number of methoxy groups -OCH3 is 1. The van der Waals surface area contributed by atoms with Crippen LogP contribution in [0, 0.1) is 0 Å². The van der Waals surface area contributed by atoms with E-state index in [0.29, 0.717) is 44.3 Å². The highest BCUT2D eigenvalue weighted by molar-refractivity contribution is 7.98. The van der Waals surface area contributed by atoms with E-state index in [0.717, 1.165) is 18.7 Å². The van der Waals surface area contributed by atoms with Gasteiger partial charge in [0.2, 0.25) is 0 Å². The van der Waals surface area contributed by atoms with Crippen molar-refractivity contribution in [1.29, 1.82) is 0 Å². The van der Waals surface area contributed by atoms with Gasteiger partial charge in [-0.1, -0.05) is 11.6 Å². The van der Waals surface area contributed by atoms with Gasteiger partial charge in [-0.25, -0.2) is 0 Å². The number of nitrogens with zero attached hydrogens (tertiary/aromatic N) is 1. The second-order valence-corrected chi connectivity index (χ2v) is 8.52. The molecule has 2 aromatic carbocycles. The summed E-state index contributed by atoms with van der Waals surface area (Å²) >= 11 is 13.5. The molecule has 0 heterocycles. The molecule has 0 fully saturated rings. The molecule has 2 aromatic rings. The number of nitrogens with one attached hydrogen (secondary N) is 2. The zero-order valence-electron chi connectivity index (χ0n) is 18.7. The van der Waals surface area contributed by atoms with Gasteiger partial charge in [-0.2, -0.15) is 11.8 Å². The second-order valence-electron chi connectivity index (χ2n) is 6.72. The lowest BCUT2D eigenvalue weighted by Gasteiger charge is -2.16. The van der Waals surface area contributed by atoms with Gasteiger partial charge >= 0.3 is 0 Å². The highest BCUT2D eigenvalue weighted by atomic mass is 35.5. The highest BCUT2D eigenvalue weighted by Gasteiger charge is 2.18. The minimum Gasteiger partial charge on any atom is -0.496 e. The first-order valence-corrected chi connectivity index (χ1v) is 12.2. The largest absolute Gasteiger partial charge is 0.496 e. The van der Waals surface area contributed by atoms with E-state index in [1.54, 1.807) is 55.1 Å². The molecule has 0 aliphatic heterocycles. The topological polar surface area (TPSA) is 98.0 Å². The van der Waals surface area contributed by atoms with Gasteiger partial charge < -0.3 is 25.8 Å². The Hall–Kier alpha value is -2.75. The summed E-state index contributed by atoms with van der Waals surface area (Å²) in [5.74, 6) is 1.68. The molecule has 0 spiro atoms. The van der Waals surface area contributed by atoms with E-state index in [-0.39, 0.29) is 5.56 Å². The number of thiocarbonyl (C=S) groups is 1. The number of hydrogen-bond acceptors (Lipinski definition) is 6. The molecule has 4 N–H and O–H groups in total. The molecule has 0 bridgehead atoms. The molecule has 176 valence electrons. The van der Waals surface area contributed by atoms with Crippen molar-refractivity contribution in [3.05, 3.63) is 52.6 Å². The molecule has 33 heavy (non-hydrogen) atoms. The number of benzene rings is 2. The lowest BCUT2D eigenvalue weighted by molar-refractivity contribution is 0.0997. The van der Waals surface area contributed by atoms with Crippen LogP contribution in [0.25, 0.3) is 5.76 Å². The standard InChI is InChI=1S/C23H27ClN4O3S2/c1-5-20(15-12-16(22(25)29)21(30-3)13-19(15)26-2)31-14-7-8-18(17(24)11-14)28-23(32)27-9-6-10-33-4/h5,7-8,11-13H,2,6,9-10H2,1,3-4H3,(H2,25,29)(H2,27,28,32)/b20-5+. The average molecular weight is 507 g/mol.